The number of carbonyl (C=O) groups is 4. The molecule has 8 nitrogen and oxygen atoms in total. The summed E-state index contributed by atoms with van der Waals surface area (Å²) in [6.07, 6.45) is 0. The highest BCUT2D eigenvalue weighted by Crippen LogP contribution is 2.20. The summed E-state index contributed by atoms with van der Waals surface area (Å²) in [5, 5.41) is 8.04. The molecule has 0 heterocycles. The Morgan fingerprint density at radius 2 is 1.73 bits per heavy atom. The van der Waals surface area contributed by atoms with E-state index in [1.807, 2.05) is 0 Å². The normalized spacial score (nSPS) is 10.1. The van der Waals surface area contributed by atoms with E-state index in [0.29, 0.717) is 22.8 Å². The zero-order chi connectivity index (χ0) is 22.1. The van der Waals surface area contributed by atoms with Crippen LogP contribution in [0.15, 0.2) is 42.5 Å². The van der Waals surface area contributed by atoms with Crippen LogP contribution in [0.25, 0.3) is 0 Å². The molecule has 2 aromatic carbocycles. The van der Waals surface area contributed by atoms with Crippen LogP contribution in [0.1, 0.15) is 27.6 Å². The Bertz CT molecular complexity index is 965. The third-order valence-corrected chi connectivity index (χ3v) is 4.23. The molecule has 0 aromatic heterocycles. The first kappa shape index (κ1) is 23.2. The van der Waals surface area contributed by atoms with Crippen LogP contribution >= 0.6 is 23.2 Å². The van der Waals surface area contributed by atoms with E-state index >= 15 is 0 Å². The lowest BCUT2D eigenvalue weighted by Crippen LogP contribution is -2.32. The van der Waals surface area contributed by atoms with Crippen molar-refractivity contribution in [2.24, 2.45) is 0 Å². The number of halogens is 2. The molecule has 3 amide bonds. The number of hydrogen-bond donors (Lipinski definition) is 3. The second kappa shape index (κ2) is 11.2. The highest BCUT2D eigenvalue weighted by atomic mass is 35.5. The molecule has 158 valence electrons. The summed E-state index contributed by atoms with van der Waals surface area (Å²) in [6.45, 7) is 1.27. The standard InChI is InChI=1S/C20H19Cl2N3O5/c1-2-23-19(28)12-4-3-5-14(8-12)25-17(26)11-30-18(27)10-24-20(29)15-7-6-13(21)9-16(15)22/h3-9H,2,10-11H2,1H3,(H,23,28)(H,24,29)(H,25,26). The largest absolute Gasteiger partial charge is 0.454 e. The second-order valence-electron chi connectivity index (χ2n) is 5.96. The lowest BCUT2D eigenvalue weighted by molar-refractivity contribution is -0.146. The van der Waals surface area contributed by atoms with Crippen molar-refractivity contribution in [1.29, 1.82) is 0 Å². The molecule has 0 unspecified atom stereocenters. The molecule has 0 aliphatic rings. The van der Waals surface area contributed by atoms with Crippen LogP contribution in [-0.2, 0) is 14.3 Å². The predicted molar refractivity (Wildman–Crippen MR) is 113 cm³/mol. The molecule has 0 aliphatic heterocycles. The van der Waals surface area contributed by atoms with Gasteiger partial charge in [0.15, 0.2) is 6.61 Å². The molecule has 30 heavy (non-hydrogen) atoms. The topological polar surface area (TPSA) is 114 Å². The van der Waals surface area contributed by atoms with E-state index in [2.05, 4.69) is 16.0 Å². The molecule has 0 atom stereocenters. The maximum Gasteiger partial charge on any atom is 0.325 e. The zero-order valence-corrected chi connectivity index (χ0v) is 17.5. The summed E-state index contributed by atoms with van der Waals surface area (Å²) in [5.74, 6) is -2.25. The Labute approximate surface area is 182 Å². The van der Waals surface area contributed by atoms with Gasteiger partial charge in [0.25, 0.3) is 17.7 Å². The van der Waals surface area contributed by atoms with E-state index in [1.54, 1.807) is 25.1 Å². The Hall–Kier alpha value is -3.10. The van der Waals surface area contributed by atoms with Crippen LogP contribution < -0.4 is 16.0 Å². The molecule has 0 saturated heterocycles. The quantitative estimate of drug-likeness (QED) is 0.533. The fourth-order valence-corrected chi connectivity index (χ4v) is 2.81. The molecule has 2 aromatic rings. The summed E-state index contributed by atoms with van der Waals surface area (Å²) >= 11 is 11.7. The highest BCUT2D eigenvalue weighted by molar-refractivity contribution is 6.36. The SMILES string of the molecule is CCNC(=O)c1cccc(NC(=O)COC(=O)CNC(=O)c2ccc(Cl)cc2Cl)c1. The number of amides is 3. The van der Waals surface area contributed by atoms with Gasteiger partial charge < -0.3 is 20.7 Å². The first-order chi connectivity index (χ1) is 14.3. The molecule has 0 bridgehead atoms. The predicted octanol–water partition coefficient (Wildman–Crippen LogP) is 2.65. The number of hydrogen-bond acceptors (Lipinski definition) is 5. The second-order valence-corrected chi connectivity index (χ2v) is 6.80. The molecule has 0 fully saturated rings. The fraction of sp³-hybridized carbons (Fsp3) is 0.200. The van der Waals surface area contributed by atoms with Gasteiger partial charge in [0.1, 0.15) is 6.54 Å². The highest BCUT2D eigenvalue weighted by Gasteiger charge is 2.14. The fourth-order valence-electron chi connectivity index (χ4n) is 2.32. The van der Waals surface area contributed by atoms with E-state index in [0.717, 1.165) is 0 Å². The minimum atomic E-state index is -0.806. The zero-order valence-electron chi connectivity index (χ0n) is 16.0. The Kier molecular flexibility index (Phi) is 8.64. The molecule has 2 rings (SSSR count). The number of nitrogens with one attached hydrogen (secondary N) is 3. The maximum atomic E-state index is 12.0. The van der Waals surface area contributed by atoms with Gasteiger partial charge in [0.2, 0.25) is 0 Å². The lowest BCUT2D eigenvalue weighted by Gasteiger charge is -2.09. The van der Waals surface area contributed by atoms with Crippen LogP contribution in [0.5, 0.6) is 0 Å². The smallest absolute Gasteiger partial charge is 0.325 e. The van der Waals surface area contributed by atoms with Crippen molar-refractivity contribution in [2.45, 2.75) is 6.92 Å². The van der Waals surface area contributed by atoms with Crippen molar-refractivity contribution in [1.82, 2.24) is 10.6 Å². The molecular weight excluding hydrogens is 433 g/mol. The molecule has 10 heteroatoms. The first-order valence-electron chi connectivity index (χ1n) is 8.87. The Balaban J connectivity index is 1.79. The molecular formula is C20H19Cl2N3O5. The number of anilines is 1. The van der Waals surface area contributed by atoms with E-state index in [-0.39, 0.29) is 16.5 Å². The van der Waals surface area contributed by atoms with Crippen molar-refractivity contribution >= 4 is 52.6 Å². The lowest BCUT2D eigenvalue weighted by atomic mass is 10.2. The average molecular weight is 452 g/mol. The summed E-state index contributed by atoms with van der Waals surface area (Å²) in [7, 11) is 0. The third-order valence-electron chi connectivity index (χ3n) is 3.68. The van der Waals surface area contributed by atoms with Crippen molar-refractivity contribution in [3.05, 3.63) is 63.6 Å². The Morgan fingerprint density at radius 1 is 0.967 bits per heavy atom. The van der Waals surface area contributed by atoms with Gasteiger partial charge in [0, 0.05) is 22.8 Å². The summed E-state index contributed by atoms with van der Waals surface area (Å²) < 4.78 is 4.83. The van der Waals surface area contributed by atoms with Gasteiger partial charge in [0.05, 0.1) is 10.6 Å². The minimum absolute atomic E-state index is 0.141. The number of benzene rings is 2. The van der Waals surface area contributed by atoms with Crippen molar-refractivity contribution in [3.8, 4) is 0 Å². The minimum Gasteiger partial charge on any atom is -0.454 e. The van der Waals surface area contributed by atoms with E-state index in [4.69, 9.17) is 27.9 Å². The van der Waals surface area contributed by atoms with Crippen molar-refractivity contribution < 1.29 is 23.9 Å². The van der Waals surface area contributed by atoms with Gasteiger partial charge in [-0.15, -0.1) is 0 Å². The van der Waals surface area contributed by atoms with E-state index in [9.17, 15) is 19.2 Å². The van der Waals surface area contributed by atoms with Gasteiger partial charge in [-0.3, -0.25) is 19.2 Å². The number of carbonyl (C=O) groups excluding carboxylic acids is 4. The van der Waals surface area contributed by atoms with Crippen LogP contribution in [0.4, 0.5) is 5.69 Å². The molecule has 3 N–H and O–H groups in total. The monoisotopic (exact) mass is 451 g/mol. The summed E-state index contributed by atoms with van der Waals surface area (Å²) in [5.41, 5.74) is 0.916. The van der Waals surface area contributed by atoms with Crippen LogP contribution in [0, 0.1) is 0 Å². The Morgan fingerprint density at radius 3 is 2.43 bits per heavy atom. The van der Waals surface area contributed by atoms with Crippen LogP contribution in [-0.4, -0.2) is 43.4 Å². The van der Waals surface area contributed by atoms with Crippen LogP contribution in [0.2, 0.25) is 10.0 Å². The summed E-state index contributed by atoms with van der Waals surface area (Å²) in [6, 6.07) is 10.6. The van der Waals surface area contributed by atoms with Crippen LogP contribution in [0.3, 0.4) is 0 Å². The summed E-state index contributed by atoms with van der Waals surface area (Å²) in [4.78, 5) is 47.6. The van der Waals surface area contributed by atoms with Gasteiger partial charge >= 0.3 is 5.97 Å². The van der Waals surface area contributed by atoms with E-state index in [1.165, 1.54) is 24.3 Å². The van der Waals surface area contributed by atoms with Crippen molar-refractivity contribution in [2.75, 3.05) is 25.0 Å². The maximum absolute atomic E-state index is 12.0. The van der Waals surface area contributed by atoms with Gasteiger partial charge in [-0.2, -0.15) is 0 Å². The number of rotatable bonds is 8. The van der Waals surface area contributed by atoms with Crippen molar-refractivity contribution in [3.63, 3.8) is 0 Å². The molecule has 0 spiro atoms. The van der Waals surface area contributed by atoms with Gasteiger partial charge in [-0.05, 0) is 43.3 Å². The molecule has 0 aliphatic carbocycles. The number of ether oxygens (including phenoxy) is 1. The molecule has 0 radical (unpaired) electrons. The third kappa shape index (κ3) is 7.06. The van der Waals surface area contributed by atoms with Gasteiger partial charge in [-0.25, -0.2) is 0 Å². The van der Waals surface area contributed by atoms with Gasteiger partial charge in [-0.1, -0.05) is 29.3 Å². The first-order valence-corrected chi connectivity index (χ1v) is 9.62. The number of esters is 1. The molecule has 0 saturated carbocycles. The van der Waals surface area contributed by atoms with E-state index < -0.39 is 30.9 Å². The average Bonchev–Trinajstić information content (AvgIpc) is 2.71.